The first-order chi connectivity index (χ1) is 9.60. The Morgan fingerprint density at radius 1 is 1.30 bits per heavy atom. The van der Waals surface area contributed by atoms with Crippen LogP contribution >= 0.6 is 27.5 Å². The second kappa shape index (κ2) is 6.97. The molecule has 0 aliphatic heterocycles. The quantitative estimate of drug-likeness (QED) is 0.841. The van der Waals surface area contributed by atoms with E-state index in [1.54, 1.807) is 19.2 Å². The van der Waals surface area contributed by atoms with Crippen LogP contribution in [0.1, 0.15) is 11.7 Å². The molecule has 1 unspecified atom stereocenters. The molecule has 0 aliphatic rings. The molecule has 106 valence electrons. The number of hydrogen-bond acceptors (Lipinski definition) is 3. The van der Waals surface area contributed by atoms with Crippen molar-refractivity contribution in [2.45, 2.75) is 6.10 Å². The van der Waals surface area contributed by atoms with Crippen LogP contribution in [-0.2, 0) is 0 Å². The number of ether oxygens (including phenoxy) is 1. The standard InChI is InChI=1S/C15H15BrClNO2/c1-20-15-6-5-12(8-13(15)17)18-9-14(19)10-3-2-4-11(16)7-10/h2-8,14,18-19H,9H2,1H3. The van der Waals surface area contributed by atoms with Crippen molar-refractivity contribution in [3.8, 4) is 5.75 Å². The Kier molecular flexibility index (Phi) is 5.29. The monoisotopic (exact) mass is 355 g/mol. The number of anilines is 1. The van der Waals surface area contributed by atoms with Crippen LogP contribution in [0.25, 0.3) is 0 Å². The lowest BCUT2D eigenvalue weighted by Gasteiger charge is -2.14. The Morgan fingerprint density at radius 3 is 2.75 bits per heavy atom. The molecule has 0 spiro atoms. The van der Waals surface area contributed by atoms with Crippen molar-refractivity contribution in [1.29, 1.82) is 0 Å². The molecule has 0 heterocycles. The van der Waals surface area contributed by atoms with E-state index in [-0.39, 0.29) is 0 Å². The van der Waals surface area contributed by atoms with Gasteiger partial charge in [0.1, 0.15) is 5.75 Å². The van der Waals surface area contributed by atoms with Gasteiger partial charge in [-0.25, -0.2) is 0 Å². The van der Waals surface area contributed by atoms with Gasteiger partial charge in [-0.05, 0) is 35.9 Å². The topological polar surface area (TPSA) is 41.5 Å². The molecule has 2 aromatic rings. The van der Waals surface area contributed by atoms with Crippen molar-refractivity contribution >= 4 is 33.2 Å². The predicted octanol–water partition coefficient (Wildman–Crippen LogP) is 4.26. The zero-order chi connectivity index (χ0) is 14.5. The van der Waals surface area contributed by atoms with E-state index in [1.165, 1.54) is 0 Å². The number of benzene rings is 2. The lowest BCUT2D eigenvalue weighted by Crippen LogP contribution is -2.12. The molecule has 2 N–H and O–H groups in total. The van der Waals surface area contributed by atoms with Gasteiger partial charge >= 0.3 is 0 Å². The zero-order valence-electron chi connectivity index (χ0n) is 10.9. The molecule has 0 aliphatic carbocycles. The average Bonchev–Trinajstić information content (AvgIpc) is 2.45. The number of aliphatic hydroxyl groups excluding tert-OH is 1. The van der Waals surface area contributed by atoms with Crippen LogP contribution in [0.2, 0.25) is 5.02 Å². The molecule has 0 radical (unpaired) electrons. The summed E-state index contributed by atoms with van der Waals surface area (Å²) in [7, 11) is 1.57. The van der Waals surface area contributed by atoms with Crippen LogP contribution in [-0.4, -0.2) is 18.8 Å². The number of hydrogen-bond donors (Lipinski definition) is 2. The maximum absolute atomic E-state index is 10.1. The molecule has 0 fully saturated rings. The Hall–Kier alpha value is -1.23. The third-order valence-electron chi connectivity index (χ3n) is 2.88. The summed E-state index contributed by atoms with van der Waals surface area (Å²) in [6.07, 6.45) is -0.589. The molecule has 0 aromatic heterocycles. The molecule has 1 atom stereocenters. The first-order valence-electron chi connectivity index (χ1n) is 6.11. The zero-order valence-corrected chi connectivity index (χ0v) is 13.3. The molecule has 0 saturated heterocycles. The van der Waals surface area contributed by atoms with Crippen molar-refractivity contribution in [3.63, 3.8) is 0 Å². The molecule has 5 heteroatoms. The van der Waals surface area contributed by atoms with Crippen LogP contribution < -0.4 is 10.1 Å². The molecule has 3 nitrogen and oxygen atoms in total. The van der Waals surface area contributed by atoms with Gasteiger partial charge < -0.3 is 15.2 Å². The van der Waals surface area contributed by atoms with E-state index in [1.807, 2.05) is 30.3 Å². The summed E-state index contributed by atoms with van der Waals surface area (Å²) in [5, 5.41) is 13.8. The highest BCUT2D eigenvalue weighted by Gasteiger charge is 2.08. The van der Waals surface area contributed by atoms with Gasteiger partial charge in [0.25, 0.3) is 0 Å². The Labute approximate surface area is 131 Å². The second-order valence-corrected chi connectivity index (χ2v) is 5.62. The fraction of sp³-hybridized carbons (Fsp3) is 0.200. The first-order valence-corrected chi connectivity index (χ1v) is 7.28. The summed E-state index contributed by atoms with van der Waals surface area (Å²) in [6.45, 7) is 0.402. The van der Waals surface area contributed by atoms with E-state index >= 15 is 0 Å². The predicted molar refractivity (Wildman–Crippen MR) is 85.6 cm³/mol. The molecule has 0 bridgehead atoms. The molecular weight excluding hydrogens is 342 g/mol. The van der Waals surface area contributed by atoms with E-state index in [2.05, 4.69) is 21.2 Å². The Balaban J connectivity index is 1.99. The van der Waals surface area contributed by atoms with Crippen LogP contribution in [0.4, 0.5) is 5.69 Å². The van der Waals surface area contributed by atoms with Gasteiger partial charge in [0.05, 0.1) is 18.2 Å². The normalized spacial score (nSPS) is 12.0. The van der Waals surface area contributed by atoms with Crippen LogP contribution in [0, 0.1) is 0 Å². The third-order valence-corrected chi connectivity index (χ3v) is 3.67. The maximum Gasteiger partial charge on any atom is 0.137 e. The van der Waals surface area contributed by atoms with Gasteiger partial charge in [-0.2, -0.15) is 0 Å². The van der Waals surface area contributed by atoms with Crippen LogP contribution in [0.15, 0.2) is 46.9 Å². The van der Waals surface area contributed by atoms with E-state index in [4.69, 9.17) is 16.3 Å². The van der Waals surface area contributed by atoms with Crippen molar-refractivity contribution in [2.75, 3.05) is 19.0 Å². The highest BCUT2D eigenvalue weighted by Crippen LogP contribution is 2.27. The SMILES string of the molecule is COc1ccc(NCC(O)c2cccc(Br)c2)cc1Cl. The third kappa shape index (κ3) is 3.88. The Bertz CT molecular complexity index is 592. The summed E-state index contributed by atoms with van der Waals surface area (Å²) < 4.78 is 6.04. The van der Waals surface area contributed by atoms with Crippen LogP contribution in [0.3, 0.4) is 0 Å². The highest BCUT2D eigenvalue weighted by molar-refractivity contribution is 9.10. The largest absolute Gasteiger partial charge is 0.495 e. The van der Waals surface area contributed by atoms with E-state index in [0.717, 1.165) is 15.7 Å². The molecule has 2 rings (SSSR count). The summed E-state index contributed by atoms with van der Waals surface area (Å²) in [4.78, 5) is 0. The smallest absolute Gasteiger partial charge is 0.137 e. The lowest BCUT2D eigenvalue weighted by atomic mass is 10.1. The Morgan fingerprint density at radius 2 is 2.10 bits per heavy atom. The number of halogens is 2. The van der Waals surface area contributed by atoms with Crippen LogP contribution in [0.5, 0.6) is 5.75 Å². The van der Waals surface area contributed by atoms with Crippen molar-refractivity contribution in [1.82, 2.24) is 0 Å². The summed E-state index contributed by atoms with van der Waals surface area (Å²) in [5.41, 5.74) is 1.69. The van der Waals surface area contributed by atoms with Gasteiger partial charge in [0, 0.05) is 16.7 Å². The fourth-order valence-corrected chi connectivity index (χ4v) is 2.50. The molecule has 2 aromatic carbocycles. The number of methoxy groups -OCH3 is 1. The van der Waals surface area contributed by atoms with Crippen molar-refractivity contribution in [2.24, 2.45) is 0 Å². The second-order valence-electron chi connectivity index (χ2n) is 4.30. The number of rotatable bonds is 5. The van der Waals surface area contributed by atoms with E-state index in [9.17, 15) is 5.11 Å². The molecular formula is C15H15BrClNO2. The van der Waals surface area contributed by atoms with Gasteiger partial charge in [-0.3, -0.25) is 0 Å². The van der Waals surface area contributed by atoms with E-state index < -0.39 is 6.10 Å². The van der Waals surface area contributed by atoms with Gasteiger partial charge in [-0.1, -0.05) is 39.7 Å². The summed E-state index contributed by atoms with van der Waals surface area (Å²) in [5.74, 6) is 0.629. The minimum atomic E-state index is -0.589. The fourth-order valence-electron chi connectivity index (χ4n) is 1.82. The summed E-state index contributed by atoms with van der Waals surface area (Å²) in [6, 6.07) is 13.0. The first kappa shape index (κ1) is 15.2. The minimum absolute atomic E-state index is 0.402. The minimum Gasteiger partial charge on any atom is -0.495 e. The number of aliphatic hydroxyl groups is 1. The highest BCUT2D eigenvalue weighted by atomic mass is 79.9. The average molecular weight is 357 g/mol. The lowest BCUT2D eigenvalue weighted by molar-refractivity contribution is 0.191. The van der Waals surface area contributed by atoms with Crippen molar-refractivity contribution < 1.29 is 9.84 Å². The summed E-state index contributed by atoms with van der Waals surface area (Å²) >= 11 is 9.44. The van der Waals surface area contributed by atoms with Gasteiger partial charge in [0.15, 0.2) is 0 Å². The maximum atomic E-state index is 10.1. The van der Waals surface area contributed by atoms with Crippen molar-refractivity contribution in [3.05, 3.63) is 57.5 Å². The van der Waals surface area contributed by atoms with E-state index in [0.29, 0.717) is 17.3 Å². The molecule has 0 saturated carbocycles. The number of nitrogens with one attached hydrogen (secondary N) is 1. The van der Waals surface area contributed by atoms with Gasteiger partial charge in [-0.15, -0.1) is 0 Å². The molecule has 0 amide bonds. The molecule has 20 heavy (non-hydrogen) atoms. The van der Waals surface area contributed by atoms with Gasteiger partial charge in [0.2, 0.25) is 0 Å².